The van der Waals surface area contributed by atoms with Crippen LogP contribution in [-0.4, -0.2) is 60.3 Å². The second-order valence-corrected chi connectivity index (χ2v) is 10.0. The van der Waals surface area contributed by atoms with Crippen molar-refractivity contribution in [2.24, 2.45) is 5.41 Å². The van der Waals surface area contributed by atoms with Crippen LogP contribution in [0.4, 0.5) is 0 Å². The van der Waals surface area contributed by atoms with Crippen LogP contribution in [0.25, 0.3) is 0 Å². The molecule has 2 saturated heterocycles. The van der Waals surface area contributed by atoms with Crippen LogP contribution in [0.2, 0.25) is 0 Å². The Morgan fingerprint density at radius 2 is 1.71 bits per heavy atom. The van der Waals surface area contributed by atoms with Gasteiger partial charge < -0.3 is 15.0 Å². The molecular formula is C17H34N2OS. The molecule has 0 spiro atoms. The summed E-state index contributed by atoms with van der Waals surface area (Å²) in [5.41, 5.74) is 0.594. The lowest BCUT2D eigenvalue weighted by Gasteiger charge is -2.45. The third-order valence-corrected chi connectivity index (χ3v) is 5.83. The zero-order valence-corrected chi connectivity index (χ0v) is 15.4. The summed E-state index contributed by atoms with van der Waals surface area (Å²) in [6.45, 7) is 18.2. The molecule has 0 amide bonds. The molecule has 2 unspecified atom stereocenters. The van der Waals surface area contributed by atoms with E-state index in [1.165, 1.54) is 32.5 Å². The van der Waals surface area contributed by atoms with E-state index in [1.54, 1.807) is 0 Å². The molecule has 3 nitrogen and oxygen atoms in total. The third-order valence-electron chi connectivity index (χ3n) is 4.60. The number of rotatable bonds is 4. The fraction of sp³-hybridized carbons (Fsp3) is 1.00. The van der Waals surface area contributed by atoms with E-state index in [0.29, 0.717) is 5.41 Å². The molecule has 2 rings (SSSR count). The molecule has 2 fully saturated rings. The van der Waals surface area contributed by atoms with E-state index < -0.39 is 0 Å². The number of nitrogens with zero attached hydrogens (tertiary/aromatic N) is 1. The molecule has 0 aromatic rings. The summed E-state index contributed by atoms with van der Waals surface area (Å²) in [6.07, 6.45) is 2.39. The normalized spacial score (nSPS) is 31.3. The van der Waals surface area contributed by atoms with E-state index in [-0.39, 0.29) is 5.54 Å². The molecule has 0 radical (unpaired) electrons. The minimum absolute atomic E-state index is 0.198. The predicted molar refractivity (Wildman–Crippen MR) is 93.2 cm³/mol. The number of nitrogens with one attached hydrogen (secondary N) is 1. The third kappa shape index (κ3) is 5.74. The molecule has 2 heterocycles. The Labute approximate surface area is 135 Å². The van der Waals surface area contributed by atoms with Gasteiger partial charge in [-0.2, -0.15) is 11.8 Å². The minimum atomic E-state index is 0.198. The van der Waals surface area contributed by atoms with Crippen LogP contribution >= 0.6 is 11.8 Å². The molecule has 2 atom stereocenters. The minimum Gasteiger partial charge on any atom is -0.381 e. The highest BCUT2D eigenvalue weighted by molar-refractivity contribution is 8.00. The van der Waals surface area contributed by atoms with Crippen LogP contribution in [0.5, 0.6) is 0 Å². The van der Waals surface area contributed by atoms with Crippen LogP contribution in [-0.2, 0) is 4.74 Å². The van der Waals surface area contributed by atoms with Gasteiger partial charge >= 0.3 is 0 Å². The molecule has 124 valence electrons. The number of thioether (sulfide) groups is 1. The van der Waals surface area contributed by atoms with Gasteiger partial charge in [0, 0.05) is 55.4 Å². The standard InChI is InChI=1S/C17H34N2OS/c1-14-10-19(11-15(2)21-14)13-17(6-8-20-9-7-17)12-18-16(3,4)5/h14-15,18H,6-13H2,1-5H3. The van der Waals surface area contributed by atoms with E-state index in [1.807, 2.05) is 0 Å². The summed E-state index contributed by atoms with van der Waals surface area (Å²) in [5, 5.41) is 5.29. The zero-order chi connectivity index (χ0) is 15.5. The highest BCUT2D eigenvalue weighted by Gasteiger charge is 2.36. The van der Waals surface area contributed by atoms with Crippen molar-refractivity contribution in [2.45, 2.75) is 63.5 Å². The monoisotopic (exact) mass is 314 g/mol. The van der Waals surface area contributed by atoms with Gasteiger partial charge in [-0.05, 0) is 39.0 Å². The first-order valence-corrected chi connectivity index (χ1v) is 9.43. The van der Waals surface area contributed by atoms with Crippen LogP contribution in [0, 0.1) is 5.41 Å². The average Bonchev–Trinajstić information content (AvgIpc) is 2.35. The molecule has 2 aliphatic rings. The Morgan fingerprint density at radius 1 is 1.14 bits per heavy atom. The van der Waals surface area contributed by atoms with Crippen LogP contribution in [0.15, 0.2) is 0 Å². The van der Waals surface area contributed by atoms with Crippen molar-refractivity contribution in [2.75, 3.05) is 39.4 Å². The fourth-order valence-electron chi connectivity index (χ4n) is 3.54. The van der Waals surface area contributed by atoms with Crippen molar-refractivity contribution in [3.05, 3.63) is 0 Å². The summed E-state index contributed by atoms with van der Waals surface area (Å²) in [5.74, 6) is 0. The molecular weight excluding hydrogens is 280 g/mol. The van der Waals surface area contributed by atoms with Gasteiger partial charge in [0.2, 0.25) is 0 Å². The lowest BCUT2D eigenvalue weighted by atomic mass is 9.78. The predicted octanol–water partition coefficient (Wildman–Crippen LogP) is 3.00. The van der Waals surface area contributed by atoms with Crippen LogP contribution in [0.1, 0.15) is 47.5 Å². The number of hydrogen-bond acceptors (Lipinski definition) is 4. The first-order chi connectivity index (χ1) is 9.78. The molecule has 4 heteroatoms. The largest absolute Gasteiger partial charge is 0.381 e. The van der Waals surface area contributed by atoms with E-state index >= 15 is 0 Å². The Bertz CT molecular complexity index is 313. The van der Waals surface area contributed by atoms with Crippen molar-refractivity contribution in [1.29, 1.82) is 0 Å². The van der Waals surface area contributed by atoms with Gasteiger partial charge in [0.1, 0.15) is 0 Å². The Kier molecular flexibility index (Phi) is 6.03. The summed E-state index contributed by atoms with van der Waals surface area (Å²) in [4.78, 5) is 2.71. The van der Waals surface area contributed by atoms with Gasteiger partial charge in [-0.3, -0.25) is 0 Å². The number of ether oxygens (including phenoxy) is 1. The smallest absolute Gasteiger partial charge is 0.0472 e. The average molecular weight is 315 g/mol. The van der Waals surface area contributed by atoms with Crippen molar-refractivity contribution >= 4 is 11.8 Å². The summed E-state index contributed by atoms with van der Waals surface area (Å²) in [6, 6.07) is 0. The molecule has 21 heavy (non-hydrogen) atoms. The second-order valence-electron chi connectivity index (χ2n) is 8.17. The van der Waals surface area contributed by atoms with Gasteiger partial charge in [0.05, 0.1) is 0 Å². The molecule has 0 aromatic carbocycles. The van der Waals surface area contributed by atoms with Gasteiger partial charge in [-0.1, -0.05) is 13.8 Å². The quantitative estimate of drug-likeness (QED) is 0.862. The van der Waals surface area contributed by atoms with Crippen LogP contribution in [0.3, 0.4) is 0 Å². The topological polar surface area (TPSA) is 24.5 Å². The molecule has 0 bridgehead atoms. The maximum Gasteiger partial charge on any atom is 0.0472 e. The Morgan fingerprint density at radius 3 is 2.24 bits per heavy atom. The molecule has 0 aliphatic carbocycles. The summed E-state index contributed by atoms with van der Waals surface area (Å²) >= 11 is 2.14. The fourth-order valence-corrected chi connectivity index (χ4v) is 4.92. The van der Waals surface area contributed by atoms with Crippen molar-refractivity contribution < 1.29 is 4.74 Å². The molecule has 2 aliphatic heterocycles. The summed E-state index contributed by atoms with van der Waals surface area (Å²) < 4.78 is 5.64. The van der Waals surface area contributed by atoms with Gasteiger partial charge in [-0.15, -0.1) is 0 Å². The maximum atomic E-state index is 5.64. The lowest BCUT2D eigenvalue weighted by Crippen LogP contribution is -2.53. The van der Waals surface area contributed by atoms with E-state index in [0.717, 1.165) is 30.3 Å². The maximum absolute atomic E-state index is 5.64. The van der Waals surface area contributed by atoms with Crippen molar-refractivity contribution in [1.82, 2.24) is 10.2 Å². The Balaban J connectivity index is 1.98. The first-order valence-electron chi connectivity index (χ1n) is 8.49. The van der Waals surface area contributed by atoms with E-state index in [4.69, 9.17) is 4.74 Å². The first kappa shape index (κ1) is 17.6. The highest BCUT2D eigenvalue weighted by Crippen LogP contribution is 2.34. The van der Waals surface area contributed by atoms with Crippen molar-refractivity contribution in [3.8, 4) is 0 Å². The van der Waals surface area contributed by atoms with Crippen LogP contribution < -0.4 is 5.32 Å². The van der Waals surface area contributed by atoms with E-state index in [9.17, 15) is 0 Å². The van der Waals surface area contributed by atoms with Gasteiger partial charge in [0.25, 0.3) is 0 Å². The highest BCUT2D eigenvalue weighted by atomic mass is 32.2. The lowest BCUT2D eigenvalue weighted by molar-refractivity contribution is -0.00728. The van der Waals surface area contributed by atoms with Crippen molar-refractivity contribution in [3.63, 3.8) is 0 Å². The van der Waals surface area contributed by atoms with Gasteiger partial charge in [0.15, 0.2) is 0 Å². The molecule has 0 saturated carbocycles. The summed E-state index contributed by atoms with van der Waals surface area (Å²) in [7, 11) is 0. The number of hydrogen-bond donors (Lipinski definition) is 1. The zero-order valence-electron chi connectivity index (χ0n) is 14.6. The Hall–Kier alpha value is 0.230. The second kappa shape index (κ2) is 7.20. The molecule has 1 N–H and O–H groups in total. The molecule has 0 aromatic heterocycles. The van der Waals surface area contributed by atoms with Gasteiger partial charge in [-0.25, -0.2) is 0 Å². The SMILES string of the molecule is CC1CN(CC2(CNC(C)(C)C)CCOCC2)CC(C)S1. The van der Waals surface area contributed by atoms with E-state index in [2.05, 4.69) is 56.6 Å².